The maximum absolute atomic E-state index is 12.6. The van der Waals surface area contributed by atoms with Crippen molar-refractivity contribution in [3.05, 3.63) is 65.8 Å². The highest BCUT2D eigenvalue weighted by molar-refractivity contribution is 5.88. The minimum Gasteiger partial charge on any atom is -0.469 e. The van der Waals surface area contributed by atoms with E-state index in [0.717, 1.165) is 11.3 Å². The Kier molecular flexibility index (Phi) is 5.07. The van der Waals surface area contributed by atoms with Gasteiger partial charge in [-0.15, -0.1) is 0 Å². The minimum atomic E-state index is -1.41. The third-order valence-electron chi connectivity index (χ3n) is 5.22. The first-order chi connectivity index (χ1) is 12.7. The summed E-state index contributed by atoms with van der Waals surface area (Å²) in [7, 11) is 0. The molecule has 0 spiro atoms. The van der Waals surface area contributed by atoms with Crippen molar-refractivity contribution in [1.29, 1.82) is 0 Å². The molecule has 5 heteroatoms. The molecule has 1 heterocycles. The highest BCUT2D eigenvalue weighted by Crippen LogP contribution is 2.47. The molecule has 4 atom stereocenters. The van der Waals surface area contributed by atoms with Gasteiger partial charge in [0.15, 0.2) is 0 Å². The number of hydrogen-bond donors (Lipinski definition) is 2. The smallest absolute Gasteiger partial charge is 0.139 e. The molecule has 0 fully saturated rings. The van der Waals surface area contributed by atoms with E-state index in [2.05, 4.69) is 5.32 Å². The normalized spacial score (nSPS) is 27.7. The van der Waals surface area contributed by atoms with Crippen LogP contribution < -0.4 is 5.32 Å². The van der Waals surface area contributed by atoms with Crippen LogP contribution >= 0.6 is 0 Å². The number of nitrogens with one attached hydrogen (secondary N) is 1. The summed E-state index contributed by atoms with van der Waals surface area (Å²) >= 11 is 0. The molecule has 0 radical (unpaired) electrons. The van der Waals surface area contributed by atoms with E-state index in [0.29, 0.717) is 11.5 Å². The Morgan fingerprint density at radius 3 is 2.30 bits per heavy atom. The summed E-state index contributed by atoms with van der Waals surface area (Å²) in [6.07, 6.45) is 3.12. The summed E-state index contributed by atoms with van der Waals surface area (Å²) < 4.78 is 5.57. The fourth-order valence-corrected chi connectivity index (χ4v) is 4.11. The number of carbonyl (C=O) groups is 2. The van der Waals surface area contributed by atoms with Crippen molar-refractivity contribution in [1.82, 2.24) is 0 Å². The third-order valence-corrected chi connectivity index (χ3v) is 5.22. The third kappa shape index (κ3) is 3.74. The lowest BCUT2D eigenvalue weighted by atomic mass is 9.64. The topological polar surface area (TPSA) is 79.5 Å². The summed E-state index contributed by atoms with van der Waals surface area (Å²) in [4.78, 5) is 25.1. The van der Waals surface area contributed by atoms with Crippen molar-refractivity contribution in [2.24, 2.45) is 11.8 Å². The molecule has 0 unspecified atom stereocenters. The number of aryl methyl sites for hydroxylation is 1. The maximum atomic E-state index is 12.6. The molecule has 1 aromatic heterocycles. The first-order valence-electron chi connectivity index (χ1n) is 9.04. The van der Waals surface area contributed by atoms with Crippen LogP contribution in [0.3, 0.4) is 0 Å². The van der Waals surface area contributed by atoms with Gasteiger partial charge in [0.05, 0.1) is 23.7 Å². The molecule has 0 bridgehead atoms. The lowest BCUT2D eigenvalue weighted by Gasteiger charge is -2.43. The average Bonchev–Trinajstić information content (AvgIpc) is 3.09. The van der Waals surface area contributed by atoms with E-state index in [9.17, 15) is 14.7 Å². The second kappa shape index (κ2) is 7.16. The summed E-state index contributed by atoms with van der Waals surface area (Å²) in [6, 6.07) is 11.2. The van der Waals surface area contributed by atoms with Crippen LogP contribution in [0.25, 0.3) is 0 Å². The van der Waals surface area contributed by atoms with Crippen LogP contribution in [0.4, 0.5) is 5.69 Å². The largest absolute Gasteiger partial charge is 0.469 e. The monoisotopic (exact) mass is 367 g/mol. The number of anilines is 1. The predicted octanol–water partition coefficient (Wildman–Crippen LogP) is 3.84. The molecule has 27 heavy (non-hydrogen) atoms. The number of ketones is 2. The van der Waals surface area contributed by atoms with Gasteiger partial charge in [0, 0.05) is 17.3 Å². The first-order valence-corrected chi connectivity index (χ1v) is 9.04. The number of benzene rings is 1. The van der Waals surface area contributed by atoms with Crippen LogP contribution in [-0.2, 0) is 9.59 Å². The van der Waals surface area contributed by atoms with E-state index in [1.807, 2.05) is 31.2 Å². The van der Waals surface area contributed by atoms with E-state index in [1.165, 1.54) is 20.1 Å². The second-order valence-electron chi connectivity index (χ2n) is 7.53. The molecule has 0 aliphatic heterocycles. The van der Waals surface area contributed by atoms with Crippen molar-refractivity contribution < 1.29 is 19.1 Å². The maximum Gasteiger partial charge on any atom is 0.139 e. The molecular formula is C22H25NO4. The van der Waals surface area contributed by atoms with Gasteiger partial charge in [-0.3, -0.25) is 9.59 Å². The second-order valence-corrected chi connectivity index (χ2v) is 7.53. The number of rotatable bonds is 5. The molecule has 1 aromatic carbocycles. The molecule has 2 aromatic rings. The Hall–Kier alpha value is -2.66. The number of Topliss-reactive ketones (excluding diaryl/α,β-unsaturated/α-hetero) is 2. The van der Waals surface area contributed by atoms with E-state index < -0.39 is 23.4 Å². The van der Waals surface area contributed by atoms with Crippen LogP contribution in [0.15, 0.2) is 58.9 Å². The van der Waals surface area contributed by atoms with Gasteiger partial charge in [-0.05, 0) is 58.0 Å². The van der Waals surface area contributed by atoms with Gasteiger partial charge in [-0.1, -0.05) is 17.7 Å². The average molecular weight is 367 g/mol. The molecule has 0 saturated carbocycles. The van der Waals surface area contributed by atoms with Gasteiger partial charge in [-0.25, -0.2) is 0 Å². The van der Waals surface area contributed by atoms with Crippen molar-refractivity contribution >= 4 is 17.3 Å². The zero-order chi connectivity index (χ0) is 19.8. The Morgan fingerprint density at radius 1 is 1.11 bits per heavy atom. The van der Waals surface area contributed by atoms with Crippen LogP contribution in [0.5, 0.6) is 0 Å². The van der Waals surface area contributed by atoms with Gasteiger partial charge in [0.2, 0.25) is 0 Å². The predicted molar refractivity (Wildman–Crippen MR) is 103 cm³/mol. The molecular weight excluding hydrogens is 342 g/mol. The number of aliphatic hydroxyl groups is 1. The van der Waals surface area contributed by atoms with Crippen LogP contribution in [0, 0.1) is 18.8 Å². The van der Waals surface area contributed by atoms with Gasteiger partial charge >= 0.3 is 0 Å². The molecule has 1 aliphatic rings. The zero-order valence-corrected chi connectivity index (χ0v) is 16.0. The fourth-order valence-electron chi connectivity index (χ4n) is 4.11. The van der Waals surface area contributed by atoms with Gasteiger partial charge in [0.25, 0.3) is 0 Å². The van der Waals surface area contributed by atoms with Crippen molar-refractivity contribution in [3.63, 3.8) is 0 Å². The van der Waals surface area contributed by atoms with Crippen molar-refractivity contribution in [2.75, 3.05) is 5.32 Å². The van der Waals surface area contributed by atoms with Crippen LogP contribution in [0.1, 0.15) is 38.0 Å². The fraction of sp³-hybridized carbons (Fsp3) is 0.364. The quantitative estimate of drug-likeness (QED) is 0.839. The molecule has 5 nitrogen and oxygen atoms in total. The summed E-state index contributed by atoms with van der Waals surface area (Å²) in [5.74, 6) is -1.73. The molecule has 1 aliphatic carbocycles. The molecule has 2 N–H and O–H groups in total. The summed E-state index contributed by atoms with van der Waals surface area (Å²) in [5.41, 5.74) is 1.10. The number of furan rings is 1. The highest BCUT2D eigenvalue weighted by atomic mass is 16.3. The Bertz CT molecular complexity index is 862. The Balaban J connectivity index is 2.12. The first kappa shape index (κ1) is 19.1. The number of carbonyl (C=O) groups excluding carboxylic acids is 2. The molecule has 0 saturated heterocycles. The van der Waals surface area contributed by atoms with Crippen LogP contribution in [0.2, 0.25) is 0 Å². The van der Waals surface area contributed by atoms with E-state index >= 15 is 0 Å². The lowest BCUT2D eigenvalue weighted by Crippen LogP contribution is -2.49. The molecule has 142 valence electrons. The summed E-state index contributed by atoms with van der Waals surface area (Å²) in [6.45, 7) is 6.54. The van der Waals surface area contributed by atoms with Crippen LogP contribution in [-0.4, -0.2) is 22.3 Å². The van der Waals surface area contributed by atoms with Crippen molar-refractivity contribution in [2.45, 2.75) is 39.2 Å². The number of hydrogen-bond acceptors (Lipinski definition) is 5. The van der Waals surface area contributed by atoms with Gasteiger partial charge < -0.3 is 14.8 Å². The summed E-state index contributed by atoms with van der Waals surface area (Å²) in [5, 5.41) is 14.3. The molecule has 0 amide bonds. The number of allylic oxidation sites excluding steroid dienone is 1. The standard InChI is InChI=1S/C22H25NO4/c1-13-7-9-16(10-8-13)23-17-12-22(4,26)21(15(3)25)20(19(17)14(2)24)18-6-5-11-27-18/h5-12,19-21,23,26H,1-4H3/t19-,20+,21-,22+/m0/s1. The van der Waals surface area contributed by atoms with Gasteiger partial charge in [-0.2, -0.15) is 0 Å². The SMILES string of the molecule is CC(=O)[C@H]1C(Nc2ccc(C)cc2)=C[C@@](C)(O)[C@@H](C(C)=O)[C@@H]1c1ccco1. The lowest BCUT2D eigenvalue weighted by molar-refractivity contribution is -0.132. The Morgan fingerprint density at radius 2 is 1.78 bits per heavy atom. The van der Waals surface area contributed by atoms with Gasteiger partial charge in [0.1, 0.15) is 17.3 Å². The van der Waals surface area contributed by atoms with E-state index in [1.54, 1.807) is 25.1 Å². The highest BCUT2D eigenvalue weighted by Gasteiger charge is 2.51. The van der Waals surface area contributed by atoms with E-state index in [4.69, 9.17) is 4.42 Å². The zero-order valence-electron chi connectivity index (χ0n) is 16.0. The van der Waals surface area contributed by atoms with E-state index in [-0.39, 0.29) is 11.6 Å². The molecule has 3 rings (SSSR count). The Labute approximate surface area is 159 Å². The minimum absolute atomic E-state index is 0.0935. The van der Waals surface area contributed by atoms with Crippen molar-refractivity contribution in [3.8, 4) is 0 Å².